The average molecular weight is 284 g/mol. The molecule has 14 heavy (non-hydrogen) atoms. The normalized spacial score (nSPS) is 18.4. The van der Waals surface area contributed by atoms with Crippen LogP contribution in [0.5, 0.6) is 0 Å². The lowest BCUT2D eigenvalue weighted by atomic mass is 9.98. The molecule has 0 spiro atoms. The molecule has 1 saturated carbocycles. The van der Waals surface area contributed by atoms with Gasteiger partial charge in [-0.2, -0.15) is 0 Å². The van der Waals surface area contributed by atoms with Crippen LogP contribution in [-0.2, 0) is 4.79 Å². The molecule has 0 atom stereocenters. The Kier molecular flexibility index (Phi) is 5.71. The maximum absolute atomic E-state index is 11.6. The van der Waals surface area contributed by atoms with Crippen LogP contribution in [0.1, 0.15) is 25.7 Å². The molecular formula is C9H16BrClN2O. The molecule has 82 valence electrons. The molecule has 0 aromatic heterocycles. The fraction of sp³-hybridized carbons (Fsp3) is 0.667. The molecule has 0 bridgehead atoms. The van der Waals surface area contributed by atoms with E-state index < -0.39 is 5.54 Å². The van der Waals surface area contributed by atoms with Gasteiger partial charge in [0, 0.05) is 11.0 Å². The zero-order chi connectivity index (χ0) is 9.90. The lowest BCUT2D eigenvalue weighted by Gasteiger charge is -2.21. The first-order valence-corrected chi connectivity index (χ1v) is 5.24. The largest absolute Gasteiger partial charge is 0.350 e. The second kappa shape index (κ2) is 5.73. The van der Waals surface area contributed by atoms with Crippen molar-refractivity contribution in [2.75, 3.05) is 6.54 Å². The summed E-state index contributed by atoms with van der Waals surface area (Å²) in [4.78, 5) is 11.6. The Balaban J connectivity index is 0.00000169. The zero-order valence-electron chi connectivity index (χ0n) is 8.01. The van der Waals surface area contributed by atoms with Crippen LogP contribution in [-0.4, -0.2) is 18.0 Å². The molecule has 1 aliphatic carbocycles. The number of carbonyl (C=O) groups excluding carboxylic acids is 1. The quantitative estimate of drug-likeness (QED) is 0.828. The van der Waals surface area contributed by atoms with E-state index in [1.807, 2.05) is 0 Å². The average Bonchev–Trinajstić information content (AvgIpc) is 2.49. The van der Waals surface area contributed by atoms with Crippen molar-refractivity contribution in [1.29, 1.82) is 0 Å². The van der Waals surface area contributed by atoms with Crippen LogP contribution in [0.15, 0.2) is 11.1 Å². The van der Waals surface area contributed by atoms with E-state index in [4.69, 9.17) is 5.73 Å². The Morgan fingerprint density at radius 3 is 2.43 bits per heavy atom. The predicted octanol–water partition coefficient (Wildman–Crippen LogP) is 1.70. The number of amides is 1. The van der Waals surface area contributed by atoms with Gasteiger partial charge in [-0.1, -0.05) is 35.4 Å². The monoisotopic (exact) mass is 282 g/mol. The van der Waals surface area contributed by atoms with Gasteiger partial charge in [0.2, 0.25) is 5.91 Å². The summed E-state index contributed by atoms with van der Waals surface area (Å²) < 4.78 is 0.766. The maximum Gasteiger partial charge on any atom is 0.240 e. The zero-order valence-corrected chi connectivity index (χ0v) is 10.4. The molecular weight excluding hydrogens is 267 g/mol. The van der Waals surface area contributed by atoms with E-state index in [1.165, 1.54) is 0 Å². The van der Waals surface area contributed by atoms with Gasteiger partial charge in [0.15, 0.2) is 0 Å². The highest BCUT2D eigenvalue weighted by atomic mass is 79.9. The smallest absolute Gasteiger partial charge is 0.240 e. The Hall–Kier alpha value is -0.0600. The molecule has 0 aromatic rings. The van der Waals surface area contributed by atoms with Gasteiger partial charge in [-0.3, -0.25) is 4.79 Å². The number of nitrogens with one attached hydrogen (secondary N) is 1. The molecule has 1 aliphatic rings. The lowest BCUT2D eigenvalue weighted by molar-refractivity contribution is -0.125. The van der Waals surface area contributed by atoms with Crippen LogP contribution in [0.4, 0.5) is 0 Å². The number of rotatable bonds is 3. The minimum absolute atomic E-state index is 0. The Labute approximate surface area is 99.0 Å². The molecule has 5 heteroatoms. The van der Waals surface area contributed by atoms with E-state index in [0.717, 1.165) is 30.2 Å². The number of hydrogen-bond donors (Lipinski definition) is 2. The van der Waals surface area contributed by atoms with Crippen molar-refractivity contribution in [2.24, 2.45) is 5.73 Å². The van der Waals surface area contributed by atoms with Crippen LogP contribution in [0.3, 0.4) is 0 Å². The van der Waals surface area contributed by atoms with Crippen molar-refractivity contribution in [3.63, 3.8) is 0 Å². The lowest BCUT2D eigenvalue weighted by Crippen LogP contribution is -2.52. The van der Waals surface area contributed by atoms with E-state index in [1.54, 1.807) is 0 Å². The minimum atomic E-state index is -0.623. The van der Waals surface area contributed by atoms with Crippen molar-refractivity contribution in [1.82, 2.24) is 5.32 Å². The van der Waals surface area contributed by atoms with Crippen molar-refractivity contribution < 1.29 is 4.79 Å². The van der Waals surface area contributed by atoms with E-state index in [0.29, 0.717) is 6.54 Å². The summed E-state index contributed by atoms with van der Waals surface area (Å²) in [6, 6.07) is 0. The van der Waals surface area contributed by atoms with Gasteiger partial charge < -0.3 is 11.1 Å². The van der Waals surface area contributed by atoms with Crippen LogP contribution < -0.4 is 11.1 Å². The molecule has 0 heterocycles. The first-order chi connectivity index (χ1) is 6.04. The van der Waals surface area contributed by atoms with E-state index in [-0.39, 0.29) is 18.3 Å². The molecule has 0 radical (unpaired) electrons. The van der Waals surface area contributed by atoms with Gasteiger partial charge in [0.05, 0.1) is 5.54 Å². The van der Waals surface area contributed by atoms with E-state index in [2.05, 4.69) is 27.8 Å². The molecule has 3 N–H and O–H groups in total. The number of carbonyl (C=O) groups is 1. The summed E-state index contributed by atoms with van der Waals surface area (Å²) in [7, 11) is 0. The summed E-state index contributed by atoms with van der Waals surface area (Å²) in [5.41, 5.74) is 5.31. The number of halogens is 2. The fourth-order valence-corrected chi connectivity index (χ4v) is 1.73. The van der Waals surface area contributed by atoms with Gasteiger partial charge in [-0.25, -0.2) is 0 Å². The van der Waals surface area contributed by atoms with Gasteiger partial charge >= 0.3 is 0 Å². The molecule has 1 amide bonds. The highest BCUT2D eigenvalue weighted by Gasteiger charge is 2.36. The van der Waals surface area contributed by atoms with Crippen LogP contribution in [0.25, 0.3) is 0 Å². The Morgan fingerprint density at radius 1 is 1.50 bits per heavy atom. The highest BCUT2D eigenvalue weighted by Crippen LogP contribution is 2.27. The van der Waals surface area contributed by atoms with Crippen molar-refractivity contribution in [3.05, 3.63) is 11.1 Å². The molecule has 1 fully saturated rings. The van der Waals surface area contributed by atoms with Crippen molar-refractivity contribution >= 4 is 34.2 Å². The van der Waals surface area contributed by atoms with Crippen molar-refractivity contribution in [3.8, 4) is 0 Å². The fourth-order valence-electron chi connectivity index (χ4n) is 1.59. The first-order valence-electron chi connectivity index (χ1n) is 4.45. The second-order valence-corrected chi connectivity index (χ2v) is 4.68. The third-order valence-electron chi connectivity index (χ3n) is 2.39. The topological polar surface area (TPSA) is 55.1 Å². The van der Waals surface area contributed by atoms with Crippen LogP contribution in [0.2, 0.25) is 0 Å². The summed E-state index contributed by atoms with van der Waals surface area (Å²) in [5, 5.41) is 2.75. The van der Waals surface area contributed by atoms with Gasteiger partial charge in [-0.05, 0) is 12.8 Å². The molecule has 0 aromatic carbocycles. The second-order valence-electron chi connectivity index (χ2n) is 3.56. The molecule has 1 rings (SSSR count). The van der Waals surface area contributed by atoms with E-state index >= 15 is 0 Å². The van der Waals surface area contributed by atoms with Gasteiger partial charge in [0.1, 0.15) is 0 Å². The van der Waals surface area contributed by atoms with E-state index in [9.17, 15) is 4.79 Å². The maximum atomic E-state index is 11.6. The molecule has 0 unspecified atom stereocenters. The number of hydrogen-bond acceptors (Lipinski definition) is 2. The van der Waals surface area contributed by atoms with Crippen LogP contribution in [0, 0.1) is 0 Å². The molecule has 0 saturated heterocycles. The summed E-state index contributed by atoms with van der Waals surface area (Å²) >= 11 is 3.18. The summed E-state index contributed by atoms with van der Waals surface area (Å²) in [5.74, 6) is -0.0504. The number of nitrogens with two attached hydrogens (primary N) is 1. The van der Waals surface area contributed by atoms with Gasteiger partial charge in [0.25, 0.3) is 0 Å². The predicted molar refractivity (Wildman–Crippen MR) is 63.7 cm³/mol. The minimum Gasteiger partial charge on any atom is -0.350 e. The molecule has 3 nitrogen and oxygen atoms in total. The SMILES string of the molecule is C=C(Br)CNC(=O)C1(N)CCCC1.Cl. The standard InChI is InChI=1S/C9H15BrN2O.ClH/c1-7(10)6-12-8(13)9(11)4-2-3-5-9;/h1-6,11H2,(H,12,13);1H. The highest BCUT2D eigenvalue weighted by molar-refractivity contribution is 9.11. The Morgan fingerprint density at radius 2 is 2.00 bits per heavy atom. The van der Waals surface area contributed by atoms with Crippen molar-refractivity contribution in [2.45, 2.75) is 31.2 Å². The third kappa shape index (κ3) is 3.59. The Bertz CT molecular complexity index is 227. The third-order valence-corrected chi connectivity index (χ3v) is 2.67. The van der Waals surface area contributed by atoms with Crippen LogP contribution >= 0.6 is 28.3 Å². The molecule has 0 aliphatic heterocycles. The first kappa shape index (κ1) is 13.9. The summed E-state index contributed by atoms with van der Waals surface area (Å²) in [6.07, 6.45) is 3.71. The van der Waals surface area contributed by atoms with Gasteiger partial charge in [-0.15, -0.1) is 12.4 Å². The summed E-state index contributed by atoms with van der Waals surface area (Å²) in [6.45, 7) is 4.09.